The maximum atomic E-state index is 12.4. The van der Waals surface area contributed by atoms with Gasteiger partial charge >= 0.3 is 0 Å². The number of aromatic nitrogens is 1. The quantitative estimate of drug-likeness (QED) is 0.275. The van der Waals surface area contributed by atoms with E-state index in [1.165, 1.54) is 5.39 Å². The van der Waals surface area contributed by atoms with Gasteiger partial charge in [-0.05, 0) is 60.2 Å². The number of hydrogen-bond donors (Lipinski definition) is 2. The molecular weight excluding hydrogens is 428 g/mol. The predicted octanol–water partition coefficient (Wildman–Crippen LogP) is 4.67. The van der Waals surface area contributed by atoms with Gasteiger partial charge in [0.05, 0.1) is 5.69 Å². The smallest absolute Gasteiger partial charge is 0.250 e. The van der Waals surface area contributed by atoms with E-state index in [-0.39, 0.29) is 11.8 Å². The van der Waals surface area contributed by atoms with Crippen LogP contribution < -0.4 is 5.06 Å². The molecule has 4 rings (SSSR count). The van der Waals surface area contributed by atoms with Gasteiger partial charge in [-0.3, -0.25) is 19.7 Å². The fraction of sp³-hybridized carbons (Fsp3) is 0.407. The third kappa shape index (κ3) is 6.04. The molecule has 2 aromatic carbocycles. The molecule has 0 bridgehead atoms. The Balaban J connectivity index is 1.16. The number of anilines is 1. The van der Waals surface area contributed by atoms with Gasteiger partial charge in [0.15, 0.2) is 0 Å². The number of fused-ring (bicyclic) bond motifs is 1. The lowest BCUT2D eigenvalue weighted by Crippen LogP contribution is -2.48. The largest absolute Gasteiger partial charge is 0.361 e. The SMILES string of the molecule is CC(=O)N1CCN(CCCCCCC(=O)N(O)c2ccc(-c3ccc4cc[nH]c4c3)cc2)CC1. The average Bonchev–Trinajstić information content (AvgIpc) is 3.34. The van der Waals surface area contributed by atoms with Crippen LogP contribution in [0.25, 0.3) is 22.0 Å². The van der Waals surface area contributed by atoms with E-state index in [1.54, 1.807) is 19.1 Å². The van der Waals surface area contributed by atoms with Crippen molar-refractivity contribution in [2.24, 2.45) is 0 Å². The van der Waals surface area contributed by atoms with Crippen molar-refractivity contribution in [1.29, 1.82) is 0 Å². The zero-order valence-corrected chi connectivity index (χ0v) is 19.9. The number of aromatic amines is 1. The number of benzene rings is 2. The van der Waals surface area contributed by atoms with Crippen LogP contribution in [0.5, 0.6) is 0 Å². The second-order valence-electron chi connectivity index (χ2n) is 9.04. The molecule has 3 aromatic rings. The van der Waals surface area contributed by atoms with Crippen molar-refractivity contribution in [3.63, 3.8) is 0 Å². The van der Waals surface area contributed by atoms with E-state index in [9.17, 15) is 14.8 Å². The molecule has 0 radical (unpaired) electrons. The van der Waals surface area contributed by atoms with Gasteiger partial charge in [-0.1, -0.05) is 37.1 Å². The molecule has 0 spiro atoms. The molecule has 1 aliphatic heterocycles. The molecule has 0 aliphatic carbocycles. The lowest BCUT2D eigenvalue weighted by atomic mass is 10.0. The highest BCUT2D eigenvalue weighted by atomic mass is 16.5. The van der Waals surface area contributed by atoms with Crippen molar-refractivity contribution < 1.29 is 14.8 Å². The number of nitrogens with one attached hydrogen (secondary N) is 1. The van der Waals surface area contributed by atoms with E-state index in [4.69, 9.17) is 0 Å². The second kappa shape index (κ2) is 11.3. The summed E-state index contributed by atoms with van der Waals surface area (Å²) in [6, 6.07) is 15.7. The topological polar surface area (TPSA) is 79.9 Å². The summed E-state index contributed by atoms with van der Waals surface area (Å²) >= 11 is 0. The fourth-order valence-corrected chi connectivity index (χ4v) is 4.52. The van der Waals surface area contributed by atoms with Crippen LogP contribution in [-0.4, -0.2) is 64.5 Å². The van der Waals surface area contributed by atoms with Gasteiger partial charge in [0.1, 0.15) is 0 Å². The van der Waals surface area contributed by atoms with Gasteiger partial charge in [0.2, 0.25) is 5.91 Å². The molecule has 7 heteroatoms. The van der Waals surface area contributed by atoms with Crippen molar-refractivity contribution in [2.45, 2.75) is 39.0 Å². The number of unbranched alkanes of at least 4 members (excludes halogenated alkanes) is 3. The van der Waals surface area contributed by atoms with Crippen LogP contribution in [0.3, 0.4) is 0 Å². The third-order valence-electron chi connectivity index (χ3n) is 6.67. The number of amides is 2. The Hall–Kier alpha value is -3.16. The fourth-order valence-electron chi connectivity index (χ4n) is 4.52. The summed E-state index contributed by atoms with van der Waals surface area (Å²) in [5.41, 5.74) is 3.68. The first-order valence-electron chi connectivity index (χ1n) is 12.2. The van der Waals surface area contributed by atoms with Gasteiger partial charge in [0, 0.05) is 51.2 Å². The molecule has 0 unspecified atom stereocenters. The molecule has 7 nitrogen and oxygen atoms in total. The highest BCUT2D eigenvalue weighted by molar-refractivity contribution is 5.91. The number of hydroxylamine groups is 1. The van der Waals surface area contributed by atoms with Gasteiger partial charge in [-0.25, -0.2) is 0 Å². The summed E-state index contributed by atoms with van der Waals surface area (Å²) in [7, 11) is 0. The van der Waals surface area contributed by atoms with Crippen molar-refractivity contribution in [2.75, 3.05) is 37.8 Å². The first-order chi connectivity index (χ1) is 16.5. The molecular formula is C27H34N4O3. The van der Waals surface area contributed by atoms with Crippen LogP contribution in [0.2, 0.25) is 0 Å². The third-order valence-corrected chi connectivity index (χ3v) is 6.67. The second-order valence-corrected chi connectivity index (χ2v) is 9.04. The van der Waals surface area contributed by atoms with Crippen LogP contribution in [0.1, 0.15) is 39.0 Å². The highest BCUT2D eigenvalue weighted by Gasteiger charge is 2.18. The van der Waals surface area contributed by atoms with Crippen molar-refractivity contribution in [1.82, 2.24) is 14.8 Å². The Bertz CT molecular complexity index is 1100. The van der Waals surface area contributed by atoms with Gasteiger partial charge < -0.3 is 9.88 Å². The van der Waals surface area contributed by atoms with Gasteiger partial charge in [-0.15, -0.1) is 0 Å². The number of carbonyl (C=O) groups is 2. The number of hydrogen-bond acceptors (Lipinski definition) is 4. The zero-order chi connectivity index (χ0) is 23.9. The molecule has 2 N–H and O–H groups in total. The molecule has 34 heavy (non-hydrogen) atoms. The Labute approximate surface area is 200 Å². The first kappa shape index (κ1) is 24.0. The van der Waals surface area contributed by atoms with E-state index >= 15 is 0 Å². The monoisotopic (exact) mass is 462 g/mol. The summed E-state index contributed by atoms with van der Waals surface area (Å²) in [5, 5.41) is 12.3. The van der Waals surface area contributed by atoms with Crippen LogP contribution in [0.4, 0.5) is 5.69 Å². The number of nitrogens with zero attached hydrogens (tertiary/aromatic N) is 3. The predicted molar refractivity (Wildman–Crippen MR) is 135 cm³/mol. The van der Waals surface area contributed by atoms with Crippen LogP contribution in [0, 0.1) is 0 Å². The molecule has 2 amide bonds. The molecule has 1 saturated heterocycles. The van der Waals surface area contributed by atoms with Crippen LogP contribution in [0.15, 0.2) is 54.7 Å². The van der Waals surface area contributed by atoms with Crippen LogP contribution in [-0.2, 0) is 9.59 Å². The summed E-state index contributed by atoms with van der Waals surface area (Å²) in [5.74, 6) is -0.117. The van der Waals surface area contributed by atoms with E-state index in [2.05, 4.69) is 28.1 Å². The minimum atomic E-state index is -0.277. The Morgan fingerprint density at radius 1 is 0.912 bits per heavy atom. The Morgan fingerprint density at radius 3 is 2.35 bits per heavy atom. The van der Waals surface area contributed by atoms with Gasteiger partial charge in [-0.2, -0.15) is 5.06 Å². The normalized spacial score (nSPS) is 14.5. The molecule has 0 atom stereocenters. The Kier molecular flexibility index (Phi) is 7.98. The Morgan fingerprint density at radius 2 is 1.62 bits per heavy atom. The minimum absolute atomic E-state index is 0.160. The first-order valence-corrected chi connectivity index (χ1v) is 12.2. The summed E-state index contributed by atoms with van der Waals surface area (Å²) in [6.07, 6.45) is 6.14. The number of rotatable bonds is 9. The van der Waals surface area contributed by atoms with Crippen molar-refractivity contribution in [3.05, 3.63) is 54.7 Å². The molecule has 2 heterocycles. The van der Waals surface area contributed by atoms with Gasteiger partial charge in [0.25, 0.3) is 5.91 Å². The molecule has 180 valence electrons. The summed E-state index contributed by atoms with van der Waals surface area (Å²) in [4.78, 5) is 31.3. The molecule has 1 fully saturated rings. The van der Waals surface area contributed by atoms with E-state index < -0.39 is 0 Å². The summed E-state index contributed by atoms with van der Waals surface area (Å²) < 4.78 is 0. The number of H-pyrrole nitrogens is 1. The maximum absolute atomic E-state index is 12.4. The molecule has 1 aliphatic rings. The van der Waals surface area contributed by atoms with Crippen molar-refractivity contribution in [3.8, 4) is 11.1 Å². The number of carbonyl (C=O) groups excluding carboxylic acids is 2. The van der Waals surface area contributed by atoms with E-state index in [0.29, 0.717) is 12.1 Å². The lowest BCUT2D eigenvalue weighted by molar-refractivity contribution is -0.130. The number of piperazine rings is 1. The van der Waals surface area contributed by atoms with E-state index in [1.807, 2.05) is 29.3 Å². The summed E-state index contributed by atoms with van der Waals surface area (Å²) in [6.45, 7) is 6.19. The zero-order valence-electron chi connectivity index (χ0n) is 19.9. The van der Waals surface area contributed by atoms with E-state index in [0.717, 1.165) is 80.1 Å². The van der Waals surface area contributed by atoms with Crippen LogP contribution >= 0.6 is 0 Å². The maximum Gasteiger partial charge on any atom is 0.250 e. The minimum Gasteiger partial charge on any atom is -0.361 e. The molecule has 0 saturated carbocycles. The standard InChI is InChI=1S/C27H34N4O3/c1-21(32)30-18-16-29(17-19-30)15-5-3-2-4-6-27(33)31(34)25-11-9-22(10-12-25)24-8-7-23-13-14-28-26(23)20-24/h7-14,20,28,34H,2-6,15-19H2,1H3. The highest BCUT2D eigenvalue weighted by Crippen LogP contribution is 2.26. The lowest BCUT2D eigenvalue weighted by Gasteiger charge is -2.34. The van der Waals surface area contributed by atoms with Crippen molar-refractivity contribution >= 4 is 28.4 Å². The molecule has 1 aromatic heterocycles. The average molecular weight is 463 g/mol.